The van der Waals surface area contributed by atoms with Crippen molar-refractivity contribution in [2.24, 2.45) is 5.92 Å². The molecule has 0 aliphatic heterocycles. The van der Waals surface area contributed by atoms with Gasteiger partial charge in [-0.1, -0.05) is 37.6 Å². The van der Waals surface area contributed by atoms with E-state index >= 15 is 0 Å². The first-order valence-electron chi connectivity index (χ1n) is 5.91. The van der Waals surface area contributed by atoms with Crippen LogP contribution in [0, 0.1) is 5.92 Å². The van der Waals surface area contributed by atoms with E-state index in [1.165, 1.54) is 0 Å². The highest BCUT2D eigenvalue weighted by Gasteiger charge is 2.06. The number of aromatic amines is 1. The SMILES string of the molecule is CC(C)Cc1cc(=O)[nH]c(-c2cccc(Cl)c2)n1. The Hall–Kier alpha value is -1.61. The fourth-order valence-electron chi connectivity index (χ4n) is 1.80. The largest absolute Gasteiger partial charge is 0.307 e. The Bertz CT molecular complexity index is 605. The molecule has 2 rings (SSSR count). The zero-order valence-corrected chi connectivity index (χ0v) is 11.2. The molecule has 94 valence electrons. The van der Waals surface area contributed by atoms with Gasteiger partial charge in [0.2, 0.25) is 0 Å². The Morgan fingerprint density at radius 2 is 2.11 bits per heavy atom. The van der Waals surface area contributed by atoms with Gasteiger partial charge >= 0.3 is 0 Å². The lowest BCUT2D eigenvalue weighted by Gasteiger charge is -2.06. The molecule has 0 radical (unpaired) electrons. The molecule has 1 heterocycles. The number of nitrogens with one attached hydrogen (secondary N) is 1. The molecule has 2 aromatic rings. The van der Waals surface area contributed by atoms with Gasteiger partial charge in [0.05, 0.1) is 0 Å². The first kappa shape index (κ1) is 12.8. The molecule has 18 heavy (non-hydrogen) atoms. The highest BCUT2D eigenvalue weighted by molar-refractivity contribution is 6.30. The van der Waals surface area contributed by atoms with Crippen molar-refractivity contribution in [2.75, 3.05) is 0 Å². The molecular weight excluding hydrogens is 248 g/mol. The average Bonchev–Trinajstić information content (AvgIpc) is 2.27. The molecule has 0 unspecified atom stereocenters. The van der Waals surface area contributed by atoms with E-state index in [0.29, 0.717) is 16.8 Å². The van der Waals surface area contributed by atoms with Crippen molar-refractivity contribution in [3.63, 3.8) is 0 Å². The van der Waals surface area contributed by atoms with E-state index in [4.69, 9.17) is 11.6 Å². The van der Waals surface area contributed by atoms with Crippen LogP contribution >= 0.6 is 11.6 Å². The second kappa shape index (κ2) is 5.36. The summed E-state index contributed by atoms with van der Waals surface area (Å²) in [6, 6.07) is 8.85. The van der Waals surface area contributed by atoms with Crippen LogP contribution in [0.15, 0.2) is 35.1 Å². The summed E-state index contributed by atoms with van der Waals surface area (Å²) in [6.07, 6.45) is 0.789. The number of rotatable bonds is 3. The predicted octanol–water partition coefficient (Wildman–Crippen LogP) is 3.29. The molecule has 4 heteroatoms. The Labute approximate surface area is 111 Å². The molecule has 1 aromatic carbocycles. The van der Waals surface area contributed by atoms with Gasteiger partial charge in [0.25, 0.3) is 5.56 Å². The van der Waals surface area contributed by atoms with Crippen LogP contribution in [0.5, 0.6) is 0 Å². The highest BCUT2D eigenvalue weighted by atomic mass is 35.5. The van der Waals surface area contributed by atoms with Crippen LogP contribution < -0.4 is 5.56 Å². The van der Waals surface area contributed by atoms with Gasteiger partial charge in [-0.3, -0.25) is 4.79 Å². The maximum Gasteiger partial charge on any atom is 0.251 e. The summed E-state index contributed by atoms with van der Waals surface area (Å²) in [6.45, 7) is 4.20. The number of aromatic nitrogens is 2. The van der Waals surface area contributed by atoms with E-state index < -0.39 is 0 Å². The molecular formula is C14H15ClN2O. The van der Waals surface area contributed by atoms with Crippen molar-refractivity contribution in [3.8, 4) is 11.4 Å². The third-order valence-electron chi connectivity index (χ3n) is 2.51. The lowest BCUT2D eigenvalue weighted by atomic mass is 10.1. The first-order valence-corrected chi connectivity index (χ1v) is 6.28. The Morgan fingerprint density at radius 3 is 2.78 bits per heavy atom. The van der Waals surface area contributed by atoms with E-state index in [1.54, 1.807) is 18.2 Å². The summed E-state index contributed by atoms with van der Waals surface area (Å²) in [5.41, 5.74) is 1.50. The van der Waals surface area contributed by atoms with E-state index in [9.17, 15) is 4.79 Å². The van der Waals surface area contributed by atoms with Crippen LogP contribution in [-0.2, 0) is 6.42 Å². The number of halogens is 1. The molecule has 0 fully saturated rings. The number of benzene rings is 1. The fraction of sp³-hybridized carbons (Fsp3) is 0.286. The minimum absolute atomic E-state index is 0.129. The van der Waals surface area contributed by atoms with Crippen LogP contribution in [0.4, 0.5) is 0 Å². The van der Waals surface area contributed by atoms with Gasteiger partial charge < -0.3 is 4.98 Å². The van der Waals surface area contributed by atoms with Crippen LogP contribution in [0.3, 0.4) is 0 Å². The van der Waals surface area contributed by atoms with Crippen molar-refractivity contribution in [1.29, 1.82) is 0 Å². The number of hydrogen-bond donors (Lipinski definition) is 1. The molecule has 0 aliphatic carbocycles. The summed E-state index contributed by atoms with van der Waals surface area (Å²) < 4.78 is 0. The summed E-state index contributed by atoms with van der Waals surface area (Å²) in [4.78, 5) is 18.8. The zero-order valence-electron chi connectivity index (χ0n) is 10.4. The van der Waals surface area contributed by atoms with E-state index in [2.05, 4.69) is 23.8 Å². The average molecular weight is 263 g/mol. The minimum Gasteiger partial charge on any atom is -0.307 e. The molecule has 0 spiro atoms. The van der Waals surface area contributed by atoms with Gasteiger partial charge in [-0.05, 0) is 24.5 Å². The van der Waals surface area contributed by atoms with Crippen LogP contribution in [-0.4, -0.2) is 9.97 Å². The van der Waals surface area contributed by atoms with Crippen molar-refractivity contribution >= 4 is 11.6 Å². The third kappa shape index (κ3) is 3.20. The fourth-order valence-corrected chi connectivity index (χ4v) is 1.99. The monoisotopic (exact) mass is 262 g/mol. The quantitative estimate of drug-likeness (QED) is 0.923. The topological polar surface area (TPSA) is 45.8 Å². The molecule has 0 atom stereocenters. The maximum absolute atomic E-state index is 11.6. The number of nitrogens with zero attached hydrogens (tertiary/aromatic N) is 1. The van der Waals surface area contributed by atoms with Gasteiger partial charge in [0.15, 0.2) is 0 Å². The Kier molecular flexibility index (Phi) is 3.82. The van der Waals surface area contributed by atoms with Crippen molar-refractivity contribution in [2.45, 2.75) is 20.3 Å². The summed E-state index contributed by atoms with van der Waals surface area (Å²) >= 11 is 5.94. The second-order valence-electron chi connectivity index (χ2n) is 4.69. The van der Waals surface area contributed by atoms with E-state index in [0.717, 1.165) is 17.7 Å². The molecule has 0 bridgehead atoms. The predicted molar refractivity (Wildman–Crippen MR) is 73.8 cm³/mol. The normalized spacial score (nSPS) is 10.9. The van der Waals surface area contributed by atoms with Crippen LogP contribution in [0.2, 0.25) is 5.02 Å². The van der Waals surface area contributed by atoms with Crippen LogP contribution in [0.25, 0.3) is 11.4 Å². The number of hydrogen-bond acceptors (Lipinski definition) is 2. The third-order valence-corrected chi connectivity index (χ3v) is 2.75. The van der Waals surface area contributed by atoms with Gasteiger partial charge in [-0.25, -0.2) is 4.98 Å². The molecule has 1 N–H and O–H groups in total. The van der Waals surface area contributed by atoms with Gasteiger partial charge in [-0.15, -0.1) is 0 Å². The Balaban J connectivity index is 2.45. The van der Waals surface area contributed by atoms with E-state index in [-0.39, 0.29) is 5.56 Å². The van der Waals surface area contributed by atoms with Gasteiger partial charge in [-0.2, -0.15) is 0 Å². The summed E-state index contributed by atoms with van der Waals surface area (Å²) in [5.74, 6) is 1.03. The van der Waals surface area contributed by atoms with Crippen LogP contribution in [0.1, 0.15) is 19.5 Å². The second-order valence-corrected chi connectivity index (χ2v) is 5.13. The molecule has 0 saturated carbocycles. The van der Waals surface area contributed by atoms with Crippen molar-refractivity contribution in [3.05, 3.63) is 51.4 Å². The lowest BCUT2D eigenvalue weighted by molar-refractivity contribution is 0.634. The lowest BCUT2D eigenvalue weighted by Crippen LogP contribution is -2.11. The standard InChI is InChI=1S/C14H15ClN2O/c1-9(2)6-12-8-13(18)17-14(16-12)10-4-3-5-11(15)7-10/h3-5,7-9H,6H2,1-2H3,(H,16,17,18). The molecule has 3 nitrogen and oxygen atoms in total. The molecule has 1 aromatic heterocycles. The van der Waals surface area contributed by atoms with Crippen molar-refractivity contribution in [1.82, 2.24) is 9.97 Å². The maximum atomic E-state index is 11.6. The molecule has 0 amide bonds. The molecule has 0 saturated heterocycles. The Morgan fingerprint density at radius 1 is 1.33 bits per heavy atom. The van der Waals surface area contributed by atoms with Crippen molar-refractivity contribution < 1.29 is 0 Å². The summed E-state index contributed by atoms with van der Waals surface area (Å²) in [5, 5.41) is 0.629. The minimum atomic E-state index is -0.129. The number of H-pyrrole nitrogens is 1. The van der Waals surface area contributed by atoms with E-state index in [1.807, 2.05) is 12.1 Å². The highest BCUT2D eigenvalue weighted by Crippen LogP contribution is 2.19. The smallest absolute Gasteiger partial charge is 0.251 e. The first-order chi connectivity index (χ1) is 8.54. The zero-order chi connectivity index (χ0) is 13.1. The van der Waals surface area contributed by atoms with Gasteiger partial charge in [0.1, 0.15) is 5.82 Å². The summed E-state index contributed by atoms with van der Waals surface area (Å²) in [7, 11) is 0. The molecule has 0 aliphatic rings. The van der Waals surface area contributed by atoms with Gasteiger partial charge in [0, 0.05) is 22.3 Å².